The molecule has 0 radical (unpaired) electrons. The number of hydrogen-bond donors (Lipinski definition) is 4. The predicted octanol–water partition coefficient (Wildman–Crippen LogP) is 4.62. The van der Waals surface area contributed by atoms with Gasteiger partial charge in [0.25, 0.3) is 0 Å². The molecule has 0 spiro atoms. The Bertz CT molecular complexity index is 971. The van der Waals surface area contributed by atoms with E-state index in [0.29, 0.717) is 29.6 Å². The minimum Gasteiger partial charge on any atom is -0.465 e. The molecule has 192 valence electrons. The number of anilines is 1. The number of carbonyl (C=O) groups is 1. The largest absolute Gasteiger partial charge is 0.465 e. The van der Waals surface area contributed by atoms with Crippen molar-refractivity contribution >= 4 is 23.6 Å². The summed E-state index contributed by atoms with van der Waals surface area (Å²) >= 11 is 6.51. The van der Waals surface area contributed by atoms with Gasteiger partial charge in [0.05, 0.1) is 23.1 Å². The zero-order valence-corrected chi connectivity index (χ0v) is 21.4. The van der Waals surface area contributed by atoms with E-state index in [1.165, 1.54) is 18.5 Å². The molecule has 4 rings (SSSR count). The second-order valence-electron chi connectivity index (χ2n) is 9.96. The molecule has 0 aromatic carbocycles. The molecule has 10 heteroatoms. The summed E-state index contributed by atoms with van der Waals surface area (Å²) in [5.74, 6) is 1.40. The summed E-state index contributed by atoms with van der Waals surface area (Å²) in [6, 6.07) is 0.924. The van der Waals surface area contributed by atoms with Crippen LogP contribution in [0.3, 0.4) is 0 Å². The number of rotatable bonds is 13. The summed E-state index contributed by atoms with van der Waals surface area (Å²) in [4.78, 5) is 19.7. The van der Waals surface area contributed by atoms with Crippen molar-refractivity contribution in [3.05, 3.63) is 23.1 Å². The lowest BCUT2D eigenvalue weighted by Crippen LogP contribution is -2.37. The first-order valence-electron chi connectivity index (χ1n) is 13.0. The fourth-order valence-corrected chi connectivity index (χ4v) is 5.05. The molecule has 35 heavy (non-hydrogen) atoms. The molecule has 2 saturated carbocycles. The van der Waals surface area contributed by atoms with E-state index in [9.17, 15) is 4.79 Å². The van der Waals surface area contributed by atoms with Crippen molar-refractivity contribution < 1.29 is 9.90 Å². The number of amides is 1. The van der Waals surface area contributed by atoms with E-state index in [4.69, 9.17) is 21.7 Å². The van der Waals surface area contributed by atoms with Gasteiger partial charge in [0.1, 0.15) is 0 Å². The molecule has 1 amide bonds. The van der Waals surface area contributed by atoms with Crippen LogP contribution >= 0.6 is 11.6 Å². The normalized spacial score (nSPS) is 20.1. The molecule has 4 N–H and O–H groups in total. The van der Waals surface area contributed by atoms with Crippen LogP contribution in [0.5, 0.6) is 0 Å². The molecule has 9 nitrogen and oxygen atoms in total. The summed E-state index contributed by atoms with van der Waals surface area (Å²) in [7, 11) is 1.99. The van der Waals surface area contributed by atoms with E-state index >= 15 is 0 Å². The Kier molecular flexibility index (Phi) is 9.20. The second-order valence-corrected chi connectivity index (χ2v) is 10.4. The maximum atomic E-state index is 10.4. The maximum absolute atomic E-state index is 10.4. The summed E-state index contributed by atoms with van der Waals surface area (Å²) in [6.07, 6.45) is 14.9. The van der Waals surface area contributed by atoms with Crippen LogP contribution in [-0.4, -0.2) is 56.1 Å². The van der Waals surface area contributed by atoms with Crippen molar-refractivity contribution in [2.24, 2.45) is 13.0 Å². The van der Waals surface area contributed by atoms with E-state index in [1.807, 2.05) is 17.9 Å². The monoisotopic (exact) mass is 503 g/mol. The summed E-state index contributed by atoms with van der Waals surface area (Å²) < 4.78 is 1.95. The summed E-state index contributed by atoms with van der Waals surface area (Å²) in [6.45, 7) is 1.57. The van der Waals surface area contributed by atoms with E-state index in [-0.39, 0.29) is 0 Å². The SMILES string of the molecule is Cn1ncc(-c2nc(NC3CCC(NCCCCCCNC(=O)O)CC3)ncc2Cl)c1CC1CC1. The average molecular weight is 504 g/mol. The number of hydrogen-bond acceptors (Lipinski definition) is 6. The highest BCUT2D eigenvalue weighted by Crippen LogP contribution is 2.37. The fraction of sp³-hybridized carbons (Fsp3) is 0.680. The molecule has 2 aliphatic rings. The van der Waals surface area contributed by atoms with Crippen molar-refractivity contribution in [1.82, 2.24) is 30.4 Å². The van der Waals surface area contributed by atoms with Crippen LogP contribution in [0.4, 0.5) is 10.7 Å². The van der Waals surface area contributed by atoms with Gasteiger partial charge in [0, 0.05) is 36.9 Å². The lowest BCUT2D eigenvalue weighted by molar-refractivity contribution is 0.194. The first-order valence-corrected chi connectivity index (χ1v) is 13.4. The molecule has 2 heterocycles. The second kappa shape index (κ2) is 12.5. The number of nitrogens with one attached hydrogen (secondary N) is 3. The number of halogens is 1. The van der Waals surface area contributed by atoms with Crippen LogP contribution < -0.4 is 16.0 Å². The molecule has 2 fully saturated rings. The minimum absolute atomic E-state index is 0.364. The highest BCUT2D eigenvalue weighted by molar-refractivity contribution is 6.32. The lowest BCUT2D eigenvalue weighted by atomic mass is 9.91. The van der Waals surface area contributed by atoms with Crippen molar-refractivity contribution in [2.75, 3.05) is 18.4 Å². The van der Waals surface area contributed by atoms with Gasteiger partial charge in [-0.15, -0.1) is 0 Å². The zero-order chi connectivity index (χ0) is 24.6. The molecular weight excluding hydrogens is 466 g/mol. The van der Waals surface area contributed by atoms with E-state index in [2.05, 4.69) is 26.0 Å². The highest BCUT2D eigenvalue weighted by atomic mass is 35.5. The number of aryl methyl sites for hydroxylation is 1. The molecule has 0 bridgehead atoms. The van der Waals surface area contributed by atoms with Crippen molar-refractivity contribution in [3.8, 4) is 11.3 Å². The Balaban J connectivity index is 1.20. The van der Waals surface area contributed by atoms with Gasteiger partial charge in [0.15, 0.2) is 0 Å². The van der Waals surface area contributed by atoms with Gasteiger partial charge in [-0.05, 0) is 70.3 Å². The van der Waals surface area contributed by atoms with Crippen LogP contribution in [0.2, 0.25) is 5.02 Å². The fourth-order valence-electron chi connectivity index (χ4n) is 4.85. The van der Waals surface area contributed by atoms with Crippen LogP contribution in [0.15, 0.2) is 12.4 Å². The van der Waals surface area contributed by atoms with Crippen LogP contribution in [0.1, 0.15) is 69.9 Å². The van der Waals surface area contributed by atoms with Gasteiger partial charge >= 0.3 is 6.09 Å². The quantitative estimate of drug-likeness (QED) is 0.294. The Morgan fingerprint density at radius 3 is 2.49 bits per heavy atom. The van der Waals surface area contributed by atoms with Crippen LogP contribution in [-0.2, 0) is 13.5 Å². The molecule has 0 saturated heterocycles. The number of aromatic nitrogens is 4. The molecule has 0 unspecified atom stereocenters. The standard InChI is InChI=1S/C25H38ClN7O2/c1-33-22(14-17-6-7-17)20(15-30-33)23-21(26)16-29-24(32-23)31-19-10-8-18(9-11-19)27-12-4-2-3-5-13-28-25(34)35/h15-19,27-28H,2-14H2,1H3,(H,34,35)(H,29,31,32). The third-order valence-corrected chi connectivity index (χ3v) is 7.39. The summed E-state index contributed by atoms with van der Waals surface area (Å²) in [5, 5.41) is 23.2. The molecule has 0 atom stereocenters. The number of unbranched alkanes of at least 4 members (excludes halogenated alkanes) is 3. The molecule has 2 aromatic rings. The third-order valence-electron chi connectivity index (χ3n) is 7.11. The Labute approximate surface area is 212 Å². The van der Waals surface area contributed by atoms with Gasteiger partial charge in [-0.25, -0.2) is 14.8 Å². The van der Waals surface area contributed by atoms with E-state index in [1.54, 1.807) is 6.20 Å². The van der Waals surface area contributed by atoms with Crippen LogP contribution in [0, 0.1) is 5.92 Å². The predicted molar refractivity (Wildman–Crippen MR) is 138 cm³/mol. The first kappa shape index (κ1) is 25.7. The highest BCUT2D eigenvalue weighted by Gasteiger charge is 2.26. The van der Waals surface area contributed by atoms with E-state index in [0.717, 1.165) is 81.5 Å². The minimum atomic E-state index is -0.939. The van der Waals surface area contributed by atoms with Gasteiger partial charge < -0.3 is 21.1 Å². The Morgan fingerprint density at radius 2 is 1.77 bits per heavy atom. The van der Waals surface area contributed by atoms with Crippen molar-refractivity contribution in [2.45, 2.75) is 82.7 Å². The topological polar surface area (TPSA) is 117 Å². The average Bonchev–Trinajstić information content (AvgIpc) is 3.59. The van der Waals surface area contributed by atoms with Gasteiger partial charge in [0.2, 0.25) is 5.95 Å². The van der Waals surface area contributed by atoms with Gasteiger partial charge in [-0.3, -0.25) is 4.68 Å². The number of nitrogens with zero attached hydrogens (tertiary/aromatic N) is 4. The van der Waals surface area contributed by atoms with Crippen LogP contribution in [0.25, 0.3) is 11.3 Å². The van der Waals surface area contributed by atoms with E-state index < -0.39 is 6.09 Å². The van der Waals surface area contributed by atoms with Crippen molar-refractivity contribution in [3.63, 3.8) is 0 Å². The maximum Gasteiger partial charge on any atom is 0.404 e. The molecular formula is C25H38ClN7O2. The molecule has 2 aliphatic carbocycles. The Hall–Kier alpha value is -2.39. The summed E-state index contributed by atoms with van der Waals surface area (Å²) in [5.41, 5.74) is 2.98. The molecule has 0 aliphatic heterocycles. The zero-order valence-electron chi connectivity index (χ0n) is 20.6. The lowest BCUT2D eigenvalue weighted by Gasteiger charge is -2.30. The van der Waals surface area contributed by atoms with Gasteiger partial charge in [-0.1, -0.05) is 24.4 Å². The first-order chi connectivity index (χ1) is 17.0. The van der Waals surface area contributed by atoms with Crippen molar-refractivity contribution in [1.29, 1.82) is 0 Å². The Morgan fingerprint density at radius 1 is 1.06 bits per heavy atom. The molecule has 2 aromatic heterocycles. The van der Waals surface area contributed by atoms with Gasteiger partial charge in [-0.2, -0.15) is 5.10 Å². The number of carboxylic acid groups (broad SMARTS) is 1. The third kappa shape index (κ3) is 7.80. The smallest absolute Gasteiger partial charge is 0.404 e.